The van der Waals surface area contributed by atoms with Crippen LogP contribution in [0.15, 0.2) is 30.6 Å². The molecule has 25 heavy (non-hydrogen) atoms. The number of aromatic nitrogens is 1. The first-order chi connectivity index (χ1) is 11.8. The van der Waals surface area contributed by atoms with Gasteiger partial charge in [-0.3, -0.25) is 9.78 Å². The van der Waals surface area contributed by atoms with Crippen LogP contribution in [0.2, 0.25) is 10.0 Å². The van der Waals surface area contributed by atoms with Crippen LogP contribution in [0.25, 0.3) is 0 Å². The Morgan fingerprint density at radius 2 is 2.04 bits per heavy atom. The lowest BCUT2D eigenvalue weighted by molar-refractivity contribution is 0.102. The van der Waals surface area contributed by atoms with Gasteiger partial charge in [-0.25, -0.2) is 8.42 Å². The van der Waals surface area contributed by atoms with Crippen LogP contribution in [0.3, 0.4) is 0 Å². The number of sulfonamides is 1. The highest BCUT2D eigenvalue weighted by molar-refractivity contribution is 7.88. The predicted molar refractivity (Wildman–Crippen MR) is 97.6 cm³/mol. The average molecular weight is 400 g/mol. The van der Waals surface area contributed by atoms with Crippen LogP contribution in [-0.4, -0.2) is 36.4 Å². The van der Waals surface area contributed by atoms with Crippen molar-refractivity contribution < 1.29 is 13.2 Å². The minimum absolute atomic E-state index is 0.209. The second-order valence-corrected chi connectivity index (χ2v) is 8.49. The quantitative estimate of drug-likeness (QED) is 0.859. The summed E-state index contributed by atoms with van der Waals surface area (Å²) in [6, 6.07) is 4.97. The lowest BCUT2D eigenvalue weighted by Crippen LogP contribution is -2.36. The van der Waals surface area contributed by atoms with Crippen molar-refractivity contribution in [3.05, 3.63) is 57.3 Å². The fraction of sp³-hybridized carbons (Fsp3) is 0.250. The van der Waals surface area contributed by atoms with Gasteiger partial charge in [0, 0.05) is 25.5 Å². The van der Waals surface area contributed by atoms with Gasteiger partial charge in [-0.2, -0.15) is 4.31 Å². The molecule has 0 unspecified atom stereocenters. The zero-order valence-electron chi connectivity index (χ0n) is 13.3. The first-order valence-corrected chi connectivity index (χ1v) is 10.0. The molecule has 0 radical (unpaired) electrons. The maximum absolute atomic E-state index is 12.6. The fourth-order valence-corrected chi connectivity index (χ4v) is 3.88. The molecule has 0 aliphatic carbocycles. The second kappa shape index (κ2) is 6.92. The maximum Gasteiger partial charge on any atom is 0.257 e. The van der Waals surface area contributed by atoms with E-state index < -0.39 is 10.0 Å². The summed E-state index contributed by atoms with van der Waals surface area (Å²) < 4.78 is 24.8. The summed E-state index contributed by atoms with van der Waals surface area (Å²) in [5.74, 6) is -0.360. The minimum Gasteiger partial charge on any atom is -0.321 e. The standard InChI is InChI=1S/C16H15Cl2N3O3S/c1-25(23,24)21-6-5-11-10(9-21)7-19-8-12(11)16(22)20-14-4-2-3-13(17)15(14)18/h2-4,7-8H,5-6,9H2,1H3,(H,20,22). The molecule has 1 aromatic carbocycles. The number of nitrogens with one attached hydrogen (secondary N) is 1. The summed E-state index contributed by atoms with van der Waals surface area (Å²) in [4.78, 5) is 16.7. The molecule has 0 bridgehead atoms. The van der Waals surface area contributed by atoms with Crippen molar-refractivity contribution in [3.63, 3.8) is 0 Å². The summed E-state index contributed by atoms with van der Waals surface area (Å²) >= 11 is 12.1. The molecule has 3 rings (SSSR count). The number of carbonyl (C=O) groups excluding carboxylic acids is 1. The number of amides is 1. The Kier molecular flexibility index (Phi) is 5.02. The van der Waals surface area contributed by atoms with E-state index in [4.69, 9.17) is 23.2 Å². The van der Waals surface area contributed by atoms with Crippen LogP contribution in [0.1, 0.15) is 21.5 Å². The summed E-state index contributed by atoms with van der Waals surface area (Å²) in [6.07, 6.45) is 4.68. The molecule has 6 nitrogen and oxygen atoms in total. The Labute approximate surface area is 155 Å². The third kappa shape index (κ3) is 3.79. The van der Waals surface area contributed by atoms with Crippen LogP contribution in [0.4, 0.5) is 5.69 Å². The number of hydrogen-bond acceptors (Lipinski definition) is 4. The molecular formula is C16H15Cl2N3O3S. The van der Waals surface area contributed by atoms with Crippen LogP contribution in [-0.2, 0) is 23.0 Å². The number of nitrogens with zero attached hydrogens (tertiary/aromatic N) is 2. The van der Waals surface area contributed by atoms with Crippen molar-refractivity contribution in [1.82, 2.24) is 9.29 Å². The van der Waals surface area contributed by atoms with Crippen molar-refractivity contribution in [2.45, 2.75) is 13.0 Å². The van der Waals surface area contributed by atoms with Crippen molar-refractivity contribution >= 4 is 44.8 Å². The molecule has 1 aliphatic rings. The van der Waals surface area contributed by atoms with E-state index in [-0.39, 0.29) is 17.5 Å². The number of hydrogen-bond donors (Lipinski definition) is 1. The van der Waals surface area contributed by atoms with E-state index in [0.717, 1.165) is 11.1 Å². The Balaban J connectivity index is 1.89. The molecule has 132 valence electrons. The van der Waals surface area contributed by atoms with Crippen LogP contribution in [0, 0.1) is 0 Å². The van der Waals surface area contributed by atoms with Gasteiger partial charge in [0.05, 0.1) is 27.6 Å². The number of fused-ring (bicyclic) bond motifs is 1. The first kappa shape index (κ1) is 18.1. The second-order valence-electron chi connectivity index (χ2n) is 5.73. The zero-order chi connectivity index (χ0) is 18.2. The number of benzene rings is 1. The normalized spacial score (nSPS) is 14.8. The molecule has 2 heterocycles. The Morgan fingerprint density at radius 3 is 2.76 bits per heavy atom. The summed E-state index contributed by atoms with van der Waals surface area (Å²) in [5.41, 5.74) is 2.33. The van der Waals surface area contributed by atoms with E-state index in [0.29, 0.717) is 29.2 Å². The van der Waals surface area contributed by atoms with Gasteiger partial charge in [-0.05, 0) is 29.7 Å². The topological polar surface area (TPSA) is 79.4 Å². The fourth-order valence-electron chi connectivity index (χ4n) is 2.74. The number of anilines is 1. The summed E-state index contributed by atoms with van der Waals surface area (Å²) in [6.45, 7) is 0.536. The van der Waals surface area contributed by atoms with Gasteiger partial charge >= 0.3 is 0 Å². The van der Waals surface area contributed by atoms with Crippen molar-refractivity contribution in [2.24, 2.45) is 0 Å². The van der Waals surface area contributed by atoms with Crippen molar-refractivity contribution in [3.8, 4) is 0 Å². The third-order valence-corrected chi connectivity index (χ3v) is 6.09. The van der Waals surface area contributed by atoms with E-state index in [2.05, 4.69) is 10.3 Å². The Bertz CT molecular complexity index is 948. The van der Waals surface area contributed by atoms with Gasteiger partial charge in [0.2, 0.25) is 10.0 Å². The minimum atomic E-state index is -3.29. The van der Waals surface area contributed by atoms with Crippen molar-refractivity contribution in [1.29, 1.82) is 0 Å². The molecule has 1 amide bonds. The number of pyridine rings is 1. The largest absolute Gasteiger partial charge is 0.321 e. The smallest absolute Gasteiger partial charge is 0.257 e. The van der Waals surface area contributed by atoms with E-state index in [1.807, 2.05) is 0 Å². The molecule has 2 aromatic rings. The molecule has 1 N–H and O–H groups in total. The monoisotopic (exact) mass is 399 g/mol. The van der Waals surface area contributed by atoms with E-state index in [1.165, 1.54) is 16.8 Å². The van der Waals surface area contributed by atoms with Crippen molar-refractivity contribution in [2.75, 3.05) is 18.1 Å². The number of halogens is 2. The van der Waals surface area contributed by atoms with Crippen LogP contribution >= 0.6 is 23.2 Å². The Morgan fingerprint density at radius 1 is 1.28 bits per heavy atom. The van der Waals surface area contributed by atoms with E-state index in [1.54, 1.807) is 24.4 Å². The lowest BCUT2D eigenvalue weighted by Gasteiger charge is -2.27. The average Bonchev–Trinajstić information content (AvgIpc) is 2.57. The third-order valence-electron chi connectivity index (χ3n) is 4.02. The van der Waals surface area contributed by atoms with E-state index in [9.17, 15) is 13.2 Å². The molecule has 0 spiro atoms. The van der Waals surface area contributed by atoms with Gasteiger partial charge in [-0.15, -0.1) is 0 Å². The lowest BCUT2D eigenvalue weighted by atomic mass is 9.98. The van der Waals surface area contributed by atoms with Gasteiger partial charge in [-0.1, -0.05) is 29.3 Å². The predicted octanol–water partition coefficient (Wildman–Crippen LogP) is 2.96. The van der Waals surface area contributed by atoms with Gasteiger partial charge in [0.1, 0.15) is 0 Å². The number of carbonyl (C=O) groups is 1. The molecule has 0 atom stereocenters. The molecular weight excluding hydrogens is 385 g/mol. The van der Waals surface area contributed by atoms with Gasteiger partial charge in [0.15, 0.2) is 0 Å². The SMILES string of the molecule is CS(=O)(=O)N1CCc2c(cncc2C(=O)Nc2cccc(Cl)c2Cl)C1. The van der Waals surface area contributed by atoms with E-state index >= 15 is 0 Å². The Hall–Kier alpha value is -1.67. The van der Waals surface area contributed by atoms with Crippen LogP contribution in [0.5, 0.6) is 0 Å². The maximum atomic E-state index is 12.6. The molecule has 1 aliphatic heterocycles. The highest BCUT2D eigenvalue weighted by Crippen LogP contribution is 2.30. The molecule has 1 aromatic heterocycles. The van der Waals surface area contributed by atoms with Crippen LogP contribution < -0.4 is 5.32 Å². The summed E-state index contributed by atoms with van der Waals surface area (Å²) in [5, 5.41) is 3.34. The van der Waals surface area contributed by atoms with Gasteiger partial charge < -0.3 is 5.32 Å². The highest BCUT2D eigenvalue weighted by Gasteiger charge is 2.26. The van der Waals surface area contributed by atoms with Gasteiger partial charge in [0.25, 0.3) is 5.91 Å². The zero-order valence-corrected chi connectivity index (χ0v) is 15.6. The molecule has 0 saturated heterocycles. The first-order valence-electron chi connectivity index (χ1n) is 7.43. The number of rotatable bonds is 3. The molecule has 0 saturated carbocycles. The molecule has 9 heteroatoms. The molecule has 0 fully saturated rings. The summed E-state index contributed by atoms with van der Waals surface area (Å²) in [7, 11) is -3.29. The highest BCUT2D eigenvalue weighted by atomic mass is 35.5.